The monoisotopic (exact) mass is 312 g/mol. The van der Waals surface area contributed by atoms with E-state index in [1.165, 1.54) is 17.1 Å². The summed E-state index contributed by atoms with van der Waals surface area (Å²) >= 11 is 5.02. The number of nitrogens with zero attached hydrogens (tertiary/aromatic N) is 1. The maximum atomic E-state index is 10.7. The van der Waals surface area contributed by atoms with E-state index in [2.05, 4.69) is 26.2 Å². The molecule has 17 heavy (non-hydrogen) atoms. The Morgan fingerprint density at radius 2 is 2.35 bits per heavy atom. The van der Waals surface area contributed by atoms with Crippen LogP contribution in [0.4, 0.5) is 5.69 Å². The molecule has 4 nitrogen and oxygen atoms in total. The number of aromatic nitrogens is 1. The number of carboxylic acids is 1. The van der Waals surface area contributed by atoms with Gasteiger partial charge in [-0.2, -0.15) is 0 Å². The molecule has 6 heteroatoms. The molecule has 0 spiro atoms. The molecule has 0 saturated carbocycles. The quantitative estimate of drug-likeness (QED) is 0.910. The van der Waals surface area contributed by atoms with E-state index in [4.69, 9.17) is 5.11 Å². The second-order valence-corrected chi connectivity index (χ2v) is 5.23. The first-order valence-corrected chi connectivity index (χ1v) is 6.48. The molecule has 2 rings (SSSR count). The standard InChI is InChI=1S/C11H9BrN2O2S/c12-7-3-9(17-6-7)5-14-8-1-2-13-10(4-8)11(15)16/h1-4,6H,5H2,(H,13,14)(H,15,16). The van der Waals surface area contributed by atoms with E-state index in [0.717, 1.165) is 10.2 Å². The predicted octanol–water partition coefficient (Wildman–Crippen LogP) is 3.22. The smallest absolute Gasteiger partial charge is 0.354 e. The fourth-order valence-corrected chi connectivity index (χ4v) is 2.68. The number of aromatic carboxylic acids is 1. The van der Waals surface area contributed by atoms with Gasteiger partial charge in [-0.25, -0.2) is 9.78 Å². The van der Waals surface area contributed by atoms with Crippen molar-refractivity contribution in [1.82, 2.24) is 4.98 Å². The number of anilines is 1. The summed E-state index contributed by atoms with van der Waals surface area (Å²) in [7, 11) is 0. The van der Waals surface area contributed by atoms with Gasteiger partial charge in [0.1, 0.15) is 5.69 Å². The van der Waals surface area contributed by atoms with Crippen molar-refractivity contribution in [3.63, 3.8) is 0 Å². The maximum Gasteiger partial charge on any atom is 0.354 e. The number of carboxylic acid groups (broad SMARTS) is 1. The van der Waals surface area contributed by atoms with Gasteiger partial charge in [-0.05, 0) is 34.1 Å². The fraction of sp³-hybridized carbons (Fsp3) is 0.0909. The molecule has 88 valence electrons. The second-order valence-electron chi connectivity index (χ2n) is 3.32. The first-order valence-electron chi connectivity index (χ1n) is 4.81. The molecule has 0 aliphatic heterocycles. The summed E-state index contributed by atoms with van der Waals surface area (Å²) in [5.74, 6) is -1.02. The van der Waals surface area contributed by atoms with Gasteiger partial charge in [0.2, 0.25) is 0 Å². The molecule has 0 radical (unpaired) electrons. The molecular weight excluding hydrogens is 304 g/mol. The Hall–Kier alpha value is -1.40. The number of carbonyl (C=O) groups is 1. The van der Waals surface area contributed by atoms with Crippen LogP contribution >= 0.6 is 27.3 Å². The lowest BCUT2D eigenvalue weighted by Crippen LogP contribution is -2.03. The molecule has 0 aliphatic rings. The maximum absolute atomic E-state index is 10.7. The molecule has 0 fully saturated rings. The van der Waals surface area contributed by atoms with Gasteiger partial charge in [-0.15, -0.1) is 11.3 Å². The Kier molecular flexibility index (Phi) is 3.75. The molecule has 0 aromatic carbocycles. The van der Waals surface area contributed by atoms with Gasteiger partial charge in [0.15, 0.2) is 0 Å². The van der Waals surface area contributed by atoms with E-state index in [9.17, 15) is 4.79 Å². The highest BCUT2D eigenvalue weighted by atomic mass is 79.9. The third-order valence-electron chi connectivity index (χ3n) is 2.07. The molecule has 0 amide bonds. The van der Waals surface area contributed by atoms with Gasteiger partial charge in [0, 0.05) is 33.2 Å². The van der Waals surface area contributed by atoms with Crippen molar-refractivity contribution in [2.24, 2.45) is 0 Å². The fourth-order valence-electron chi connectivity index (χ4n) is 1.29. The van der Waals surface area contributed by atoms with Crippen molar-refractivity contribution in [1.29, 1.82) is 0 Å². The lowest BCUT2D eigenvalue weighted by molar-refractivity contribution is 0.0690. The van der Waals surface area contributed by atoms with Crippen molar-refractivity contribution in [3.8, 4) is 0 Å². The van der Waals surface area contributed by atoms with Crippen LogP contribution in [-0.2, 0) is 6.54 Å². The van der Waals surface area contributed by atoms with Gasteiger partial charge in [0.25, 0.3) is 0 Å². The number of thiophene rings is 1. The van der Waals surface area contributed by atoms with Crippen LogP contribution in [0.15, 0.2) is 34.2 Å². The van der Waals surface area contributed by atoms with Gasteiger partial charge < -0.3 is 10.4 Å². The zero-order valence-electron chi connectivity index (χ0n) is 8.68. The first kappa shape index (κ1) is 12.1. The van der Waals surface area contributed by atoms with Crippen molar-refractivity contribution in [2.75, 3.05) is 5.32 Å². The average Bonchev–Trinajstić information content (AvgIpc) is 2.73. The minimum absolute atomic E-state index is 0.0439. The van der Waals surface area contributed by atoms with Crippen molar-refractivity contribution in [3.05, 3.63) is 44.8 Å². The average molecular weight is 313 g/mol. The van der Waals surface area contributed by atoms with Gasteiger partial charge in [-0.1, -0.05) is 0 Å². The Balaban J connectivity index is 2.04. The number of halogens is 1. The minimum atomic E-state index is -1.02. The molecule has 2 heterocycles. The number of hydrogen-bond acceptors (Lipinski definition) is 4. The third-order valence-corrected chi connectivity index (χ3v) is 3.77. The predicted molar refractivity (Wildman–Crippen MR) is 70.5 cm³/mol. The first-order chi connectivity index (χ1) is 8.15. The van der Waals surface area contributed by atoms with Crippen LogP contribution in [0.2, 0.25) is 0 Å². The van der Waals surface area contributed by atoms with Gasteiger partial charge in [0.05, 0.1) is 0 Å². The van der Waals surface area contributed by atoms with E-state index in [-0.39, 0.29) is 5.69 Å². The summed E-state index contributed by atoms with van der Waals surface area (Å²) in [6.07, 6.45) is 1.48. The van der Waals surface area contributed by atoms with Crippen molar-refractivity contribution in [2.45, 2.75) is 6.54 Å². The van der Waals surface area contributed by atoms with E-state index in [1.807, 2.05) is 11.4 Å². The highest BCUT2D eigenvalue weighted by molar-refractivity contribution is 9.10. The second kappa shape index (κ2) is 5.29. The Labute approximate surface area is 110 Å². The molecule has 0 unspecified atom stereocenters. The normalized spacial score (nSPS) is 10.2. The van der Waals surface area contributed by atoms with E-state index in [0.29, 0.717) is 6.54 Å². The summed E-state index contributed by atoms with van der Waals surface area (Å²) < 4.78 is 1.06. The molecule has 0 bridgehead atoms. The minimum Gasteiger partial charge on any atom is -0.477 e. The number of rotatable bonds is 4. The number of nitrogens with one attached hydrogen (secondary N) is 1. The molecule has 0 aliphatic carbocycles. The molecule has 0 saturated heterocycles. The lowest BCUT2D eigenvalue weighted by atomic mass is 10.3. The van der Waals surface area contributed by atoms with Crippen LogP contribution in [0, 0.1) is 0 Å². The van der Waals surface area contributed by atoms with Crippen LogP contribution in [0.3, 0.4) is 0 Å². The highest BCUT2D eigenvalue weighted by Crippen LogP contribution is 2.20. The molecule has 2 aromatic heterocycles. The third kappa shape index (κ3) is 3.28. The number of pyridine rings is 1. The Morgan fingerprint density at radius 1 is 1.53 bits per heavy atom. The van der Waals surface area contributed by atoms with E-state index >= 15 is 0 Å². The molecular formula is C11H9BrN2O2S. The zero-order valence-corrected chi connectivity index (χ0v) is 11.1. The summed E-state index contributed by atoms with van der Waals surface area (Å²) in [5, 5.41) is 14.0. The van der Waals surface area contributed by atoms with Crippen LogP contribution in [-0.4, -0.2) is 16.1 Å². The van der Waals surface area contributed by atoms with E-state index in [1.54, 1.807) is 17.4 Å². The largest absolute Gasteiger partial charge is 0.477 e. The lowest BCUT2D eigenvalue weighted by Gasteiger charge is -2.04. The highest BCUT2D eigenvalue weighted by Gasteiger charge is 2.05. The summed E-state index contributed by atoms with van der Waals surface area (Å²) in [5.41, 5.74) is 0.796. The molecule has 2 N–H and O–H groups in total. The van der Waals surface area contributed by atoms with Crippen molar-refractivity contribution >= 4 is 38.9 Å². The van der Waals surface area contributed by atoms with Crippen LogP contribution < -0.4 is 5.32 Å². The summed E-state index contributed by atoms with van der Waals surface area (Å²) in [4.78, 5) is 15.7. The van der Waals surface area contributed by atoms with Crippen LogP contribution in [0.5, 0.6) is 0 Å². The summed E-state index contributed by atoms with van der Waals surface area (Å²) in [6.45, 7) is 0.666. The SMILES string of the molecule is O=C(O)c1cc(NCc2cc(Br)cs2)ccn1. The van der Waals surface area contributed by atoms with E-state index < -0.39 is 5.97 Å². The van der Waals surface area contributed by atoms with Crippen LogP contribution in [0.25, 0.3) is 0 Å². The Bertz CT molecular complexity index is 542. The molecule has 0 atom stereocenters. The Morgan fingerprint density at radius 3 is 3.00 bits per heavy atom. The van der Waals surface area contributed by atoms with Crippen molar-refractivity contribution < 1.29 is 9.90 Å². The zero-order chi connectivity index (χ0) is 12.3. The molecule has 2 aromatic rings. The summed E-state index contributed by atoms with van der Waals surface area (Å²) in [6, 6.07) is 5.29. The van der Waals surface area contributed by atoms with Crippen LogP contribution in [0.1, 0.15) is 15.4 Å². The van der Waals surface area contributed by atoms with Gasteiger partial charge >= 0.3 is 5.97 Å². The van der Waals surface area contributed by atoms with Gasteiger partial charge in [-0.3, -0.25) is 0 Å². The number of hydrogen-bond donors (Lipinski definition) is 2. The topological polar surface area (TPSA) is 62.2 Å².